The van der Waals surface area contributed by atoms with E-state index in [1.165, 1.54) is 22.3 Å². The molecule has 0 amide bonds. The molecule has 2 rings (SSSR count). The van der Waals surface area contributed by atoms with Gasteiger partial charge in [0.05, 0.1) is 0 Å². The minimum atomic E-state index is 1.10. The van der Waals surface area contributed by atoms with Crippen molar-refractivity contribution in [2.75, 3.05) is 0 Å². The second kappa shape index (κ2) is 5.68. The Morgan fingerprint density at radius 2 is 1.28 bits per heavy atom. The van der Waals surface area contributed by atoms with Crippen LogP contribution in [0.2, 0.25) is 0 Å². The molecule has 0 N–H and O–H groups in total. The largest absolute Gasteiger partial charge is 0.0955 e. The van der Waals surface area contributed by atoms with Crippen LogP contribution >= 0.6 is 0 Å². The van der Waals surface area contributed by atoms with Crippen LogP contribution in [0.5, 0.6) is 0 Å². The van der Waals surface area contributed by atoms with Gasteiger partial charge in [-0.25, -0.2) is 0 Å². The van der Waals surface area contributed by atoms with Gasteiger partial charge in [-0.05, 0) is 43.4 Å². The standard InChI is InChI=1S/C18H20/c1-14(2)18-12-10-17(11-13-18)9-8-16-6-4-15(3)5-7-16/h4-7,10-13H,1,8-9H2,2-3H3. The molecule has 0 heteroatoms. The van der Waals surface area contributed by atoms with E-state index >= 15 is 0 Å². The van der Waals surface area contributed by atoms with Crippen LogP contribution in [0.25, 0.3) is 5.57 Å². The number of hydrogen-bond donors (Lipinski definition) is 0. The monoisotopic (exact) mass is 236 g/mol. The van der Waals surface area contributed by atoms with Crippen LogP contribution in [0, 0.1) is 6.92 Å². The number of benzene rings is 2. The van der Waals surface area contributed by atoms with Crippen LogP contribution in [-0.4, -0.2) is 0 Å². The molecule has 0 heterocycles. The highest BCUT2D eigenvalue weighted by molar-refractivity contribution is 5.61. The van der Waals surface area contributed by atoms with E-state index in [1.807, 2.05) is 6.92 Å². The zero-order chi connectivity index (χ0) is 13.0. The van der Waals surface area contributed by atoms with Crippen molar-refractivity contribution in [2.45, 2.75) is 26.7 Å². The molecule has 0 aliphatic rings. The molecule has 2 aromatic rings. The van der Waals surface area contributed by atoms with Gasteiger partial charge >= 0.3 is 0 Å². The summed E-state index contributed by atoms with van der Waals surface area (Å²) in [4.78, 5) is 0. The number of rotatable bonds is 4. The lowest BCUT2D eigenvalue weighted by Crippen LogP contribution is -1.91. The van der Waals surface area contributed by atoms with Gasteiger partial charge in [0.15, 0.2) is 0 Å². The Hall–Kier alpha value is -1.82. The average Bonchev–Trinajstić information content (AvgIpc) is 2.38. The van der Waals surface area contributed by atoms with Gasteiger partial charge in [0.25, 0.3) is 0 Å². The van der Waals surface area contributed by atoms with Crippen molar-refractivity contribution in [2.24, 2.45) is 0 Å². The molecular weight excluding hydrogens is 216 g/mol. The second-order valence-corrected chi connectivity index (χ2v) is 4.96. The van der Waals surface area contributed by atoms with E-state index in [2.05, 4.69) is 62.0 Å². The van der Waals surface area contributed by atoms with Gasteiger partial charge in [0.2, 0.25) is 0 Å². The Morgan fingerprint density at radius 1 is 0.833 bits per heavy atom. The summed E-state index contributed by atoms with van der Waals surface area (Å²) in [6.45, 7) is 8.12. The van der Waals surface area contributed by atoms with Crippen LogP contribution < -0.4 is 0 Å². The Balaban J connectivity index is 1.97. The summed E-state index contributed by atoms with van der Waals surface area (Å²) < 4.78 is 0. The lowest BCUT2D eigenvalue weighted by atomic mass is 10.0. The molecule has 0 spiro atoms. The molecule has 0 fully saturated rings. The van der Waals surface area contributed by atoms with Gasteiger partial charge in [-0.3, -0.25) is 0 Å². The summed E-state index contributed by atoms with van der Waals surface area (Å²) in [6, 6.07) is 17.5. The van der Waals surface area contributed by atoms with Gasteiger partial charge in [-0.2, -0.15) is 0 Å². The van der Waals surface area contributed by atoms with E-state index in [0.29, 0.717) is 0 Å². The first-order valence-corrected chi connectivity index (χ1v) is 6.45. The summed E-state index contributed by atoms with van der Waals surface area (Å²) in [7, 11) is 0. The van der Waals surface area contributed by atoms with Gasteiger partial charge in [-0.15, -0.1) is 0 Å². The lowest BCUT2D eigenvalue weighted by Gasteiger charge is -2.05. The summed E-state index contributed by atoms with van der Waals surface area (Å²) in [6.07, 6.45) is 2.20. The molecule has 2 aromatic carbocycles. The van der Waals surface area contributed by atoms with Crippen LogP contribution in [0.15, 0.2) is 55.1 Å². The maximum absolute atomic E-state index is 3.96. The molecule has 0 saturated heterocycles. The zero-order valence-corrected chi connectivity index (χ0v) is 11.2. The Labute approximate surface area is 110 Å². The van der Waals surface area contributed by atoms with Crippen molar-refractivity contribution in [1.29, 1.82) is 0 Å². The van der Waals surface area contributed by atoms with E-state index in [9.17, 15) is 0 Å². The van der Waals surface area contributed by atoms with Crippen molar-refractivity contribution < 1.29 is 0 Å². The molecule has 0 aliphatic carbocycles. The molecule has 18 heavy (non-hydrogen) atoms. The molecular formula is C18H20. The predicted octanol–water partition coefficient (Wildman–Crippen LogP) is 4.81. The quantitative estimate of drug-likeness (QED) is 0.714. The molecule has 0 radical (unpaired) electrons. The normalized spacial score (nSPS) is 10.3. The summed E-state index contributed by atoms with van der Waals surface area (Å²) in [5.74, 6) is 0. The highest BCUT2D eigenvalue weighted by Gasteiger charge is 1.97. The fourth-order valence-electron chi connectivity index (χ4n) is 2.00. The van der Waals surface area contributed by atoms with E-state index < -0.39 is 0 Å². The Bertz CT molecular complexity index is 515. The third-order valence-electron chi connectivity index (χ3n) is 3.27. The minimum Gasteiger partial charge on any atom is -0.0955 e. The highest BCUT2D eigenvalue weighted by Crippen LogP contribution is 2.14. The number of hydrogen-bond acceptors (Lipinski definition) is 0. The fraction of sp³-hybridized carbons (Fsp3) is 0.222. The Kier molecular flexibility index (Phi) is 3.99. The van der Waals surface area contributed by atoms with E-state index in [4.69, 9.17) is 0 Å². The number of allylic oxidation sites excluding steroid dienone is 1. The number of aryl methyl sites for hydroxylation is 3. The molecule has 0 unspecified atom stereocenters. The Morgan fingerprint density at radius 3 is 1.72 bits per heavy atom. The zero-order valence-electron chi connectivity index (χ0n) is 11.2. The first kappa shape index (κ1) is 12.6. The van der Waals surface area contributed by atoms with Crippen molar-refractivity contribution in [3.8, 4) is 0 Å². The maximum atomic E-state index is 3.96. The first-order valence-electron chi connectivity index (χ1n) is 6.45. The van der Waals surface area contributed by atoms with Crippen LogP contribution in [0.4, 0.5) is 0 Å². The SMILES string of the molecule is C=C(C)c1ccc(CCc2ccc(C)cc2)cc1. The predicted molar refractivity (Wildman–Crippen MR) is 79.7 cm³/mol. The van der Waals surface area contributed by atoms with Crippen molar-refractivity contribution in [1.82, 2.24) is 0 Å². The molecule has 92 valence electrons. The lowest BCUT2D eigenvalue weighted by molar-refractivity contribution is 0.959. The van der Waals surface area contributed by atoms with Gasteiger partial charge in [0, 0.05) is 0 Å². The third-order valence-corrected chi connectivity index (χ3v) is 3.27. The van der Waals surface area contributed by atoms with E-state index in [0.717, 1.165) is 18.4 Å². The molecule has 0 aliphatic heterocycles. The second-order valence-electron chi connectivity index (χ2n) is 4.96. The van der Waals surface area contributed by atoms with E-state index in [-0.39, 0.29) is 0 Å². The summed E-state index contributed by atoms with van der Waals surface area (Å²) in [5.41, 5.74) is 6.48. The van der Waals surface area contributed by atoms with Gasteiger partial charge < -0.3 is 0 Å². The molecule has 0 aromatic heterocycles. The van der Waals surface area contributed by atoms with E-state index in [1.54, 1.807) is 0 Å². The third kappa shape index (κ3) is 3.33. The van der Waals surface area contributed by atoms with Crippen molar-refractivity contribution in [3.63, 3.8) is 0 Å². The van der Waals surface area contributed by atoms with Crippen LogP contribution in [0.3, 0.4) is 0 Å². The van der Waals surface area contributed by atoms with Gasteiger partial charge in [-0.1, -0.05) is 66.2 Å². The minimum absolute atomic E-state index is 1.10. The van der Waals surface area contributed by atoms with Gasteiger partial charge in [0.1, 0.15) is 0 Å². The van der Waals surface area contributed by atoms with Crippen LogP contribution in [0.1, 0.15) is 29.2 Å². The van der Waals surface area contributed by atoms with Crippen molar-refractivity contribution in [3.05, 3.63) is 77.4 Å². The molecule has 0 bridgehead atoms. The molecule has 0 saturated carbocycles. The van der Waals surface area contributed by atoms with Crippen molar-refractivity contribution >= 4 is 5.57 Å². The molecule has 0 atom stereocenters. The molecule has 0 nitrogen and oxygen atoms in total. The summed E-state index contributed by atoms with van der Waals surface area (Å²) >= 11 is 0. The maximum Gasteiger partial charge on any atom is -0.0233 e. The summed E-state index contributed by atoms with van der Waals surface area (Å²) in [5, 5.41) is 0. The first-order chi connectivity index (χ1) is 8.65. The topological polar surface area (TPSA) is 0 Å². The smallest absolute Gasteiger partial charge is 0.0233 e. The average molecular weight is 236 g/mol. The fourth-order valence-corrected chi connectivity index (χ4v) is 2.00. The highest BCUT2D eigenvalue weighted by atomic mass is 14.0. The van der Waals surface area contributed by atoms with Crippen LogP contribution in [-0.2, 0) is 12.8 Å².